The highest BCUT2D eigenvalue weighted by molar-refractivity contribution is 6.00. The number of fused-ring (bicyclic) bond motifs is 1. The van der Waals surface area contributed by atoms with Crippen LogP contribution >= 0.6 is 0 Å². The van der Waals surface area contributed by atoms with Crippen LogP contribution in [0.2, 0.25) is 0 Å². The first kappa shape index (κ1) is 23.8. The van der Waals surface area contributed by atoms with Gasteiger partial charge in [-0.2, -0.15) is 0 Å². The number of amides is 3. The van der Waals surface area contributed by atoms with E-state index < -0.39 is 36.3 Å². The van der Waals surface area contributed by atoms with Gasteiger partial charge in [-0.1, -0.05) is 12.1 Å². The molecule has 1 atom stereocenters. The average molecular weight is 458 g/mol. The quantitative estimate of drug-likeness (QED) is 0.629. The second kappa shape index (κ2) is 10.6. The number of rotatable bonds is 7. The van der Waals surface area contributed by atoms with Gasteiger partial charge < -0.3 is 29.7 Å². The van der Waals surface area contributed by atoms with E-state index in [1.54, 1.807) is 25.1 Å². The maximum Gasteiger partial charge on any atom is 0.409 e. The van der Waals surface area contributed by atoms with Crippen molar-refractivity contribution in [2.24, 2.45) is 0 Å². The Labute approximate surface area is 190 Å². The number of para-hydroxylation sites is 1. The molecule has 1 aliphatic heterocycles. The molecule has 2 heterocycles. The van der Waals surface area contributed by atoms with Crippen molar-refractivity contribution in [3.8, 4) is 5.75 Å². The van der Waals surface area contributed by atoms with E-state index in [4.69, 9.17) is 9.47 Å². The van der Waals surface area contributed by atoms with Crippen LogP contribution in [0.25, 0.3) is 10.9 Å². The minimum absolute atomic E-state index is 0.000805. The fraction of sp³-hybridized carbons (Fsp3) is 0.409. The van der Waals surface area contributed by atoms with Crippen LogP contribution in [-0.4, -0.2) is 89.7 Å². The summed E-state index contributed by atoms with van der Waals surface area (Å²) in [7, 11) is 1.47. The van der Waals surface area contributed by atoms with Crippen LogP contribution < -0.4 is 10.1 Å². The number of aliphatic carboxylic acids is 1. The molecule has 0 bridgehead atoms. The average Bonchev–Trinajstić information content (AvgIpc) is 2.82. The Kier molecular flexibility index (Phi) is 7.65. The molecule has 0 spiro atoms. The number of benzene rings is 1. The molecule has 0 aliphatic carbocycles. The van der Waals surface area contributed by atoms with Crippen molar-refractivity contribution in [2.45, 2.75) is 19.4 Å². The highest BCUT2D eigenvalue weighted by atomic mass is 16.6. The van der Waals surface area contributed by atoms with Gasteiger partial charge in [0.1, 0.15) is 17.5 Å². The molecule has 0 saturated carbocycles. The molecule has 33 heavy (non-hydrogen) atoms. The van der Waals surface area contributed by atoms with Crippen LogP contribution in [0.5, 0.6) is 5.75 Å². The number of methoxy groups -OCH3 is 1. The molecular weight excluding hydrogens is 432 g/mol. The Balaban J connectivity index is 1.74. The summed E-state index contributed by atoms with van der Waals surface area (Å²) in [5.41, 5.74) is 0.527. The first-order chi connectivity index (χ1) is 15.8. The molecule has 1 fully saturated rings. The van der Waals surface area contributed by atoms with Gasteiger partial charge in [0, 0.05) is 37.6 Å². The van der Waals surface area contributed by atoms with Gasteiger partial charge in [-0.15, -0.1) is 0 Å². The fourth-order valence-corrected chi connectivity index (χ4v) is 3.58. The van der Waals surface area contributed by atoms with Gasteiger partial charge in [-0.25, -0.2) is 9.78 Å². The lowest BCUT2D eigenvalue weighted by molar-refractivity contribution is -0.143. The highest BCUT2D eigenvalue weighted by Crippen LogP contribution is 2.25. The molecule has 11 nitrogen and oxygen atoms in total. The maximum absolute atomic E-state index is 13.0. The van der Waals surface area contributed by atoms with Crippen molar-refractivity contribution in [1.82, 2.24) is 20.1 Å². The molecule has 1 unspecified atom stereocenters. The monoisotopic (exact) mass is 458 g/mol. The third kappa shape index (κ3) is 5.68. The van der Waals surface area contributed by atoms with Crippen LogP contribution in [0.3, 0.4) is 0 Å². The van der Waals surface area contributed by atoms with E-state index in [0.29, 0.717) is 16.7 Å². The number of carboxylic acid groups (broad SMARTS) is 1. The second-order valence-corrected chi connectivity index (χ2v) is 7.36. The van der Waals surface area contributed by atoms with E-state index in [0.717, 1.165) is 0 Å². The minimum atomic E-state index is -1.29. The summed E-state index contributed by atoms with van der Waals surface area (Å²) in [5, 5.41) is 12.5. The van der Waals surface area contributed by atoms with Crippen molar-refractivity contribution in [3.63, 3.8) is 0 Å². The van der Waals surface area contributed by atoms with Gasteiger partial charge >= 0.3 is 12.1 Å². The van der Waals surface area contributed by atoms with Crippen molar-refractivity contribution >= 4 is 34.8 Å². The first-order valence-electron chi connectivity index (χ1n) is 10.5. The molecule has 176 valence electrons. The van der Waals surface area contributed by atoms with E-state index in [1.165, 1.54) is 23.0 Å². The van der Waals surface area contributed by atoms with E-state index in [2.05, 4.69) is 10.3 Å². The highest BCUT2D eigenvalue weighted by Gasteiger charge is 2.32. The SMILES string of the molecule is CCOC(=O)N1CCN(C(=O)C(CC(=O)O)NC(=O)c2cc(OC)c3ccccc3n2)CC1. The number of carbonyl (C=O) groups excluding carboxylic acids is 3. The number of hydrogen-bond acceptors (Lipinski definition) is 7. The predicted octanol–water partition coefficient (Wildman–Crippen LogP) is 1.12. The van der Waals surface area contributed by atoms with Gasteiger partial charge in [0.25, 0.3) is 5.91 Å². The number of nitrogens with one attached hydrogen (secondary N) is 1. The fourth-order valence-electron chi connectivity index (χ4n) is 3.58. The second-order valence-electron chi connectivity index (χ2n) is 7.36. The number of piperazine rings is 1. The molecule has 11 heteroatoms. The largest absolute Gasteiger partial charge is 0.496 e. The number of pyridine rings is 1. The van der Waals surface area contributed by atoms with E-state index >= 15 is 0 Å². The molecule has 3 amide bonds. The van der Waals surface area contributed by atoms with E-state index in [9.17, 15) is 24.3 Å². The lowest BCUT2D eigenvalue weighted by atomic mass is 10.1. The number of carbonyl (C=O) groups is 4. The van der Waals surface area contributed by atoms with Crippen molar-refractivity contribution in [3.05, 3.63) is 36.0 Å². The Morgan fingerprint density at radius 1 is 1.12 bits per heavy atom. The van der Waals surface area contributed by atoms with Crippen LogP contribution in [0, 0.1) is 0 Å². The molecule has 0 radical (unpaired) electrons. The van der Waals surface area contributed by atoms with Gasteiger partial charge in [0.2, 0.25) is 5.91 Å². The molecule has 1 aliphatic rings. The molecule has 3 rings (SSSR count). The Morgan fingerprint density at radius 2 is 1.79 bits per heavy atom. The zero-order valence-corrected chi connectivity index (χ0v) is 18.4. The van der Waals surface area contributed by atoms with Crippen molar-refractivity contribution in [2.75, 3.05) is 39.9 Å². The zero-order valence-electron chi connectivity index (χ0n) is 18.4. The van der Waals surface area contributed by atoms with Crippen molar-refractivity contribution in [1.29, 1.82) is 0 Å². The molecule has 1 saturated heterocycles. The maximum atomic E-state index is 13.0. The number of ether oxygens (including phenoxy) is 2. The third-order valence-corrected chi connectivity index (χ3v) is 5.23. The predicted molar refractivity (Wildman–Crippen MR) is 117 cm³/mol. The standard InChI is InChI=1S/C22H26N4O7/c1-3-33-22(31)26-10-8-25(9-11-26)21(30)17(13-19(27)28)24-20(29)16-12-18(32-2)14-6-4-5-7-15(14)23-16/h4-7,12,17H,3,8-11,13H2,1-2H3,(H,24,29)(H,27,28). The van der Waals surface area contributed by atoms with Crippen LogP contribution in [0.1, 0.15) is 23.8 Å². The normalized spacial score (nSPS) is 14.5. The number of aromatic nitrogens is 1. The molecule has 2 aromatic rings. The number of carboxylic acids is 1. The van der Waals surface area contributed by atoms with E-state index in [-0.39, 0.29) is 38.5 Å². The summed E-state index contributed by atoms with van der Waals surface area (Å²) >= 11 is 0. The Hall–Kier alpha value is -3.89. The van der Waals surface area contributed by atoms with Gasteiger partial charge in [-0.05, 0) is 19.1 Å². The van der Waals surface area contributed by atoms with Gasteiger partial charge in [0.05, 0.1) is 25.7 Å². The Bertz CT molecular complexity index is 1050. The summed E-state index contributed by atoms with van der Waals surface area (Å²) in [4.78, 5) is 56.3. The Morgan fingerprint density at radius 3 is 2.42 bits per heavy atom. The topological polar surface area (TPSA) is 138 Å². The zero-order chi connectivity index (χ0) is 24.0. The lowest BCUT2D eigenvalue weighted by Crippen LogP contribution is -2.56. The minimum Gasteiger partial charge on any atom is -0.496 e. The van der Waals surface area contributed by atoms with Crippen LogP contribution in [0.15, 0.2) is 30.3 Å². The van der Waals surface area contributed by atoms with Gasteiger partial charge in [0.15, 0.2) is 0 Å². The van der Waals surface area contributed by atoms with Crippen molar-refractivity contribution < 1.29 is 33.8 Å². The van der Waals surface area contributed by atoms with Crippen LogP contribution in [0.4, 0.5) is 4.79 Å². The van der Waals surface area contributed by atoms with E-state index in [1.807, 2.05) is 6.07 Å². The summed E-state index contributed by atoms with van der Waals surface area (Å²) in [6.45, 7) is 2.86. The summed E-state index contributed by atoms with van der Waals surface area (Å²) < 4.78 is 10.3. The molecule has 2 N–H and O–H groups in total. The summed E-state index contributed by atoms with van der Waals surface area (Å²) in [5.74, 6) is -2.03. The first-order valence-corrected chi connectivity index (χ1v) is 10.5. The molecule has 1 aromatic carbocycles. The number of hydrogen-bond donors (Lipinski definition) is 2. The third-order valence-electron chi connectivity index (χ3n) is 5.23. The molecular formula is C22H26N4O7. The van der Waals surface area contributed by atoms with Gasteiger partial charge in [-0.3, -0.25) is 14.4 Å². The number of nitrogens with zero attached hydrogens (tertiary/aromatic N) is 3. The molecule has 1 aromatic heterocycles. The van der Waals surface area contributed by atoms with Crippen LogP contribution in [-0.2, 0) is 14.3 Å². The summed E-state index contributed by atoms with van der Waals surface area (Å²) in [6.07, 6.45) is -1.05. The smallest absolute Gasteiger partial charge is 0.409 e. The lowest BCUT2D eigenvalue weighted by Gasteiger charge is -2.35. The summed E-state index contributed by atoms with van der Waals surface area (Å²) in [6, 6.07) is 7.26.